The van der Waals surface area contributed by atoms with Crippen molar-refractivity contribution in [3.8, 4) is 0 Å². The first-order chi connectivity index (χ1) is 8.63. The summed E-state index contributed by atoms with van der Waals surface area (Å²) in [5, 5.41) is 9.32. The quantitative estimate of drug-likeness (QED) is 0.811. The number of sulfonamides is 1. The first kappa shape index (κ1) is 17.2. The van der Waals surface area contributed by atoms with Crippen molar-refractivity contribution in [1.29, 1.82) is 0 Å². The Hall–Kier alpha value is 0.150. The van der Waals surface area contributed by atoms with Crippen LogP contribution in [-0.4, -0.2) is 25.7 Å². The third-order valence-corrected chi connectivity index (χ3v) is 5.25. The second-order valence-corrected chi connectivity index (χ2v) is 7.69. The van der Waals surface area contributed by atoms with E-state index in [0.717, 1.165) is 0 Å². The fourth-order valence-corrected chi connectivity index (χ4v) is 4.86. The SMILES string of the molecule is CC(O)CC(C)NS(=O)(=O)c1c(Cl)cc(Br)cc1Cl. The average Bonchev–Trinajstić information content (AvgIpc) is 2.10. The van der Waals surface area contributed by atoms with Crippen molar-refractivity contribution < 1.29 is 13.5 Å². The predicted octanol–water partition coefficient (Wildman–Crippen LogP) is 3.19. The topological polar surface area (TPSA) is 66.4 Å². The van der Waals surface area contributed by atoms with Gasteiger partial charge in [0.2, 0.25) is 10.0 Å². The van der Waals surface area contributed by atoms with Crippen molar-refractivity contribution in [3.63, 3.8) is 0 Å². The molecule has 0 saturated heterocycles. The van der Waals surface area contributed by atoms with Crippen LogP contribution in [0.5, 0.6) is 0 Å². The molecule has 4 nitrogen and oxygen atoms in total. The molecule has 0 aliphatic heterocycles. The van der Waals surface area contributed by atoms with Gasteiger partial charge >= 0.3 is 0 Å². The highest BCUT2D eigenvalue weighted by atomic mass is 79.9. The molecule has 0 aliphatic carbocycles. The summed E-state index contributed by atoms with van der Waals surface area (Å²) < 4.78 is 27.4. The highest BCUT2D eigenvalue weighted by Gasteiger charge is 2.24. The molecule has 0 saturated carbocycles. The zero-order valence-electron chi connectivity index (χ0n) is 10.3. The van der Waals surface area contributed by atoms with E-state index in [9.17, 15) is 13.5 Å². The second-order valence-electron chi connectivity index (χ2n) is 4.31. The minimum atomic E-state index is -3.83. The van der Waals surface area contributed by atoms with Crippen molar-refractivity contribution in [1.82, 2.24) is 4.72 Å². The molecule has 0 spiro atoms. The van der Waals surface area contributed by atoms with E-state index < -0.39 is 22.2 Å². The molecule has 0 bridgehead atoms. The van der Waals surface area contributed by atoms with Gasteiger partial charge in [-0.2, -0.15) is 0 Å². The Morgan fingerprint density at radius 1 is 1.32 bits per heavy atom. The van der Waals surface area contributed by atoms with Crippen LogP contribution in [0.3, 0.4) is 0 Å². The number of aliphatic hydroxyl groups is 1. The molecule has 0 amide bonds. The van der Waals surface area contributed by atoms with E-state index in [1.807, 2.05) is 0 Å². The molecular formula is C11H14BrCl2NO3S. The monoisotopic (exact) mass is 389 g/mol. The van der Waals surface area contributed by atoms with Crippen LogP contribution in [0.25, 0.3) is 0 Å². The lowest BCUT2D eigenvalue weighted by Crippen LogP contribution is -2.35. The number of nitrogens with one attached hydrogen (secondary N) is 1. The molecule has 2 unspecified atom stereocenters. The molecule has 0 fully saturated rings. The third-order valence-electron chi connectivity index (χ3n) is 2.28. The summed E-state index contributed by atoms with van der Waals surface area (Å²) in [7, 11) is -3.83. The summed E-state index contributed by atoms with van der Waals surface area (Å²) in [6.45, 7) is 3.25. The summed E-state index contributed by atoms with van der Waals surface area (Å²) in [6.07, 6.45) is -0.307. The van der Waals surface area contributed by atoms with Gasteiger partial charge in [0.15, 0.2) is 0 Å². The molecule has 0 aromatic heterocycles. The highest BCUT2D eigenvalue weighted by Crippen LogP contribution is 2.32. The average molecular weight is 391 g/mol. The predicted molar refractivity (Wildman–Crippen MR) is 80.2 cm³/mol. The van der Waals surface area contributed by atoms with Crippen LogP contribution in [0, 0.1) is 0 Å². The zero-order chi connectivity index (χ0) is 14.8. The van der Waals surface area contributed by atoms with E-state index in [1.165, 1.54) is 12.1 Å². The summed E-state index contributed by atoms with van der Waals surface area (Å²) in [5.41, 5.74) is 0. The van der Waals surface area contributed by atoms with E-state index in [4.69, 9.17) is 23.2 Å². The van der Waals surface area contributed by atoms with Crippen LogP contribution in [-0.2, 0) is 10.0 Å². The van der Waals surface area contributed by atoms with Gasteiger partial charge in [0.1, 0.15) is 4.90 Å². The molecule has 0 radical (unpaired) electrons. The summed E-state index contributed by atoms with van der Waals surface area (Å²) in [4.78, 5) is -0.156. The molecule has 1 aromatic rings. The largest absolute Gasteiger partial charge is 0.393 e. The molecule has 1 rings (SSSR count). The Morgan fingerprint density at radius 3 is 2.21 bits per heavy atom. The van der Waals surface area contributed by atoms with E-state index in [0.29, 0.717) is 10.9 Å². The molecule has 0 heterocycles. The molecule has 1 aromatic carbocycles. The third kappa shape index (κ3) is 4.88. The molecule has 0 aliphatic rings. The Balaban J connectivity index is 3.08. The maximum absolute atomic E-state index is 12.2. The fraction of sp³-hybridized carbons (Fsp3) is 0.455. The zero-order valence-corrected chi connectivity index (χ0v) is 14.2. The van der Waals surface area contributed by atoms with Crippen LogP contribution in [0.4, 0.5) is 0 Å². The van der Waals surface area contributed by atoms with E-state index >= 15 is 0 Å². The fourth-order valence-electron chi connectivity index (χ4n) is 1.67. The van der Waals surface area contributed by atoms with Crippen LogP contribution in [0.15, 0.2) is 21.5 Å². The van der Waals surface area contributed by atoms with Crippen LogP contribution < -0.4 is 4.72 Å². The second kappa shape index (κ2) is 6.74. The number of aliphatic hydroxyl groups excluding tert-OH is 1. The maximum Gasteiger partial charge on any atom is 0.243 e. The first-order valence-corrected chi connectivity index (χ1v) is 8.51. The van der Waals surface area contributed by atoms with Gasteiger partial charge in [0.25, 0.3) is 0 Å². The summed E-state index contributed by atoms with van der Waals surface area (Å²) >= 11 is 15.0. The number of rotatable bonds is 5. The molecular weight excluding hydrogens is 377 g/mol. The lowest BCUT2D eigenvalue weighted by atomic mass is 10.2. The van der Waals surface area contributed by atoms with Gasteiger partial charge in [-0.1, -0.05) is 39.1 Å². The van der Waals surface area contributed by atoms with Gasteiger partial charge in [-0.3, -0.25) is 0 Å². The normalized spacial score (nSPS) is 15.3. The standard InChI is InChI=1S/C11H14BrCl2NO3S/c1-6(3-7(2)16)15-19(17,18)11-9(13)4-8(12)5-10(11)14/h4-7,15-16H,3H2,1-2H3. The summed E-state index contributed by atoms with van der Waals surface area (Å²) in [6, 6.07) is 2.49. The van der Waals surface area contributed by atoms with Crippen molar-refractivity contribution in [2.45, 2.75) is 37.3 Å². The van der Waals surface area contributed by atoms with Gasteiger partial charge in [-0.05, 0) is 32.4 Å². The van der Waals surface area contributed by atoms with Crippen molar-refractivity contribution in [2.24, 2.45) is 0 Å². The van der Waals surface area contributed by atoms with Gasteiger partial charge in [0.05, 0.1) is 16.1 Å². The molecule has 8 heteroatoms. The van der Waals surface area contributed by atoms with Crippen molar-refractivity contribution in [3.05, 3.63) is 26.7 Å². The van der Waals surface area contributed by atoms with Crippen LogP contribution in [0.2, 0.25) is 10.0 Å². The first-order valence-electron chi connectivity index (χ1n) is 5.48. The minimum absolute atomic E-state index is 0.0381. The summed E-state index contributed by atoms with van der Waals surface area (Å²) in [5.74, 6) is 0. The van der Waals surface area contributed by atoms with E-state index in [1.54, 1.807) is 13.8 Å². The van der Waals surface area contributed by atoms with Crippen molar-refractivity contribution >= 4 is 49.2 Å². The van der Waals surface area contributed by atoms with Gasteiger partial charge in [-0.15, -0.1) is 0 Å². The number of hydrogen-bond donors (Lipinski definition) is 2. The maximum atomic E-state index is 12.2. The van der Waals surface area contributed by atoms with Crippen molar-refractivity contribution in [2.75, 3.05) is 0 Å². The van der Waals surface area contributed by atoms with Gasteiger partial charge < -0.3 is 5.11 Å². The molecule has 108 valence electrons. The minimum Gasteiger partial charge on any atom is -0.393 e. The Kier molecular flexibility index (Phi) is 6.10. The van der Waals surface area contributed by atoms with Gasteiger partial charge in [0, 0.05) is 10.5 Å². The lowest BCUT2D eigenvalue weighted by Gasteiger charge is -2.17. The highest BCUT2D eigenvalue weighted by molar-refractivity contribution is 9.10. The van der Waals surface area contributed by atoms with Crippen LogP contribution in [0.1, 0.15) is 20.3 Å². The molecule has 2 atom stereocenters. The molecule has 19 heavy (non-hydrogen) atoms. The van der Waals surface area contributed by atoms with Crippen LogP contribution >= 0.6 is 39.1 Å². The molecule has 2 N–H and O–H groups in total. The van der Waals surface area contributed by atoms with E-state index in [2.05, 4.69) is 20.7 Å². The Bertz CT molecular complexity index is 540. The number of benzene rings is 1. The lowest BCUT2D eigenvalue weighted by molar-refractivity contribution is 0.175. The Labute approximate surface area is 131 Å². The number of halogens is 3. The Morgan fingerprint density at radius 2 is 1.79 bits per heavy atom. The van der Waals surface area contributed by atoms with Gasteiger partial charge in [-0.25, -0.2) is 13.1 Å². The van der Waals surface area contributed by atoms with E-state index in [-0.39, 0.29) is 14.9 Å². The number of hydrogen-bond acceptors (Lipinski definition) is 3. The smallest absolute Gasteiger partial charge is 0.243 e.